The van der Waals surface area contributed by atoms with Gasteiger partial charge in [-0.2, -0.15) is 0 Å². The van der Waals surface area contributed by atoms with E-state index in [0.29, 0.717) is 6.04 Å². The Balaban J connectivity index is 1.55. The number of rotatable bonds is 6. The van der Waals surface area contributed by atoms with Gasteiger partial charge in [0.25, 0.3) is 0 Å². The molecule has 5 heteroatoms. The normalized spacial score (nSPS) is 23.1. The van der Waals surface area contributed by atoms with E-state index in [-0.39, 0.29) is 6.09 Å². The second-order valence-electron chi connectivity index (χ2n) is 6.88. The highest BCUT2D eigenvalue weighted by atomic mass is 16.6. The van der Waals surface area contributed by atoms with E-state index in [1.165, 1.54) is 12.8 Å². The molecule has 0 radical (unpaired) electrons. The first kappa shape index (κ1) is 15.6. The number of carbonyl (C=O) groups excluding carboxylic acids is 1. The van der Waals surface area contributed by atoms with Crippen molar-refractivity contribution in [1.29, 1.82) is 0 Å². The maximum atomic E-state index is 11.9. The van der Waals surface area contributed by atoms with Gasteiger partial charge in [0.15, 0.2) is 0 Å². The van der Waals surface area contributed by atoms with Gasteiger partial charge >= 0.3 is 6.09 Å². The molecule has 116 valence electrons. The molecule has 0 aromatic rings. The van der Waals surface area contributed by atoms with Crippen molar-refractivity contribution < 1.29 is 14.3 Å². The second-order valence-corrected chi connectivity index (χ2v) is 6.88. The Labute approximate surface area is 122 Å². The van der Waals surface area contributed by atoms with E-state index in [2.05, 4.69) is 5.32 Å². The van der Waals surface area contributed by atoms with Crippen LogP contribution in [0, 0.1) is 5.92 Å². The summed E-state index contributed by atoms with van der Waals surface area (Å²) in [6.45, 7) is 9.73. The zero-order valence-corrected chi connectivity index (χ0v) is 13.0. The van der Waals surface area contributed by atoms with Crippen LogP contribution in [-0.4, -0.2) is 55.5 Å². The maximum absolute atomic E-state index is 11.9. The summed E-state index contributed by atoms with van der Waals surface area (Å²) in [5, 5.41) is 3.45. The summed E-state index contributed by atoms with van der Waals surface area (Å²) in [6, 6.07) is 0.368. The van der Waals surface area contributed by atoms with E-state index in [1.54, 1.807) is 4.90 Å². The lowest BCUT2D eigenvalue weighted by Gasteiger charge is -2.24. The minimum atomic E-state index is -0.417. The van der Waals surface area contributed by atoms with Gasteiger partial charge in [-0.15, -0.1) is 0 Å². The number of nitrogens with one attached hydrogen (secondary N) is 1. The summed E-state index contributed by atoms with van der Waals surface area (Å²) in [4.78, 5) is 13.7. The highest BCUT2D eigenvalue weighted by molar-refractivity contribution is 5.68. The van der Waals surface area contributed by atoms with Gasteiger partial charge in [-0.25, -0.2) is 4.79 Å². The first-order valence-electron chi connectivity index (χ1n) is 7.73. The Morgan fingerprint density at radius 2 is 2.05 bits per heavy atom. The number of hydrogen-bond donors (Lipinski definition) is 1. The molecule has 1 saturated heterocycles. The van der Waals surface area contributed by atoms with Gasteiger partial charge in [-0.3, -0.25) is 0 Å². The number of nitrogens with zero attached hydrogens (tertiary/aromatic N) is 1. The molecule has 1 atom stereocenters. The molecule has 1 saturated carbocycles. The first-order chi connectivity index (χ1) is 9.44. The molecule has 2 aliphatic rings. The predicted molar refractivity (Wildman–Crippen MR) is 77.8 cm³/mol. The van der Waals surface area contributed by atoms with Crippen molar-refractivity contribution in [2.75, 3.05) is 32.8 Å². The smallest absolute Gasteiger partial charge is 0.410 e. The van der Waals surface area contributed by atoms with Gasteiger partial charge in [-0.1, -0.05) is 0 Å². The van der Waals surface area contributed by atoms with Gasteiger partial charge in [0.05, 0.1) is 6.61 Å². The molecule has 1 aliphatic carbocycles. The van der Waals surface area contributed by atoms with Gasteiger partial charge in [0.2, 0.25) is 0 Å². The lowest BCUT2D eigenvalue weighted by molar-refractivity contribution is 0.0290. The van der Waals surface area contributed by atoms with Crippen LogP contribution < -0.4 is 5.32 Å². The third kappa shape index (κ3) is 5.67. The average molecular weight is 284 g/mol. The fraction of sp³-hybridized carbons (Fsp3) is 0.933. The third-order valence-electron chi connectivity index (χ3n) is 3.57. The minimum absolute atomic E-state index is 0.202. The SMILES string of the molecule is CC(C)(C)OC(=O)N1CCC(NCCOCC2CC2)C1. The number of hydrogen-bond acceptors (Lipinski definition) is 4. The summed E-state index contributed by atoms with van der Waals surface area (Å²) in [5.74, 6) is 0.823. The molecular formula is C15H28N2O3. The summed E-state index contributed by atoms with van der Waals surface area (Å²) in [6.07, 6.45) is 3.45. The van der Waals surface area contributed by atoms with Gasteiger partial charge in [0.1, 0.15) is 5.60 Å². The third-order valence-corrected chi connectivity index (χ3v) is 3.57. The van der Waals surface area contributed by atoms with Crippen molar-refractivity contribution in [1.82, 2.24) is 10.2 Å². The average Bonchev–Trinajstić information content (AvgIpc) is 3.03. The van der Waals surface area contributed by atoms with Crippen LogP contribution >= 0.6 is 0 Å². The van der Waals surface area contributed by atoms with Gasteiger partial charge in [-0.05, 0) is 46.0 Å². The molecule has 0 bridgehead atoms. The molecule has 20 heavy (non-hydrogen) atoms. The molecule has 0 aromatic heterocycles. The number of ether oxygens (including phenoxy) is 2. The summed E-state index contributed by atoms with van der Waals surface area (Å²) >= 11 is 0. The maximum Gasteiger partial charge on any atom is 0.410 e. The Kier molecular flexibility index (Phi) is 5.27. The summed E-state index contributed by atoms with van der Waals surface area (Å²) < 4.78 is 11.0. The van der Waals surface area contributed by atoms with E-state index < -0.39 is 5.60 Å². The zero-order valence-electron chi connectivity index (χ0n) is 13.0. The minimum Gasteiger partial charge on any atom is -0.444 e. The molecule has 2 rings (SSSR count). The van der Waals surface area contributed by atoms with E-state index >= 15 is 0 Å². The van der Waals surface area contributed by atoms with E-state index in [4.69, 9.17) is 9.47 Å². The molecule has 1 aliphatic heterocycles. The Morgan fingerprint density at radius 3 is 2.70 bits per heavy atom. The Morgan fingerprint density at radius 1 is 1.30 bits per heavy atom. The molecule has 1 amide bonds. The monoisotopic (exact) mass is 284 g/mol. The van der Waals surface area contributed by atoms with Crippen LogP contribution in [-0.2, 0) is 9.47 Å². The quantitative estimate of drug-likeness (QED) is 0.758. The molecule has 0 aromatic carbocycles. The predicted octanol–water partition coefficient (Wildman–Crippen LogP) is 2.01. The van der Waals surface area contributed by atoms with Crippen molar-refractivity contribution in [3.8, 4) is 0 Å². The van der Waals surface area contributed by atoms with E-state index in [9.17, 15) is 4.79 Å². The Hall–Kier alpha value is -0.810. The lowest BCUT2D eigenvalue weighted by Crippen LogP contribution is -2.39. The number of carbonyl (C=O) groups is 1. The van der Waals surface area contributed by atoms with Crippen molar-refractivity contribution in [3.63, 3.8) is 0 Å². The summed E-state index contributed by atoms with van der Waals surface area (Å²) in [5.41, 5.74) is -0.417. The molecule has 5 nitrogen and oxygen atoms in total. The van der Waals surface area contributed by atoms with Crippen molar-refractivity contribution in [2.24, 2.45) is 5.92 Å². The molecule has 1 N–H and O–H groups in total. The Bertz CT molecular complexity index is 324. The molecular weight excluding hydrogens is 256 g/mol. The van der Waals surface area contributed by atoms with Crippen LogP contribution in [0.5, 0.6) is 0 Å². The van der Waals surface area contributed by atoms with Crippen molar-refractivity contribution >= 4 is 6.09 Å². The van der Waals surface area contributed by atoms with Crippen LogP contribution in [0.4, 0.5) is 4.79 Å². The first-order valence-corrected chi connectivity index (χ1v) is 7.73. The number of amides is 1. The van der Waals surface area contributed by atoms with E-state index in [0.717, 1.165) is 45.2 Å². The zero-order chi connectivity index (χ0) is 14.6. The van der Waals surface area contributed by atoms with Crippen molar-refractivity contribution in [3.05, 3.63) is 0 Å². The van der Waals surface area contributed by atoms with Crippen molar-refractivity contribution in [2.45, 2.75) is 51.7 Å². The van der Waals surface area contributed by atoms with Crippen LogP contribution in [0.15, 0.2) is 0 Å². The van der Waals surface area contributed by atoms with Gasteiger partial charge < -0.3 is 19.7 Å². The van der Waals surface area contributed by atoms with Gasteiger partial charge in [0, 0.05) is 32.3 Å². The highest BCUT2D eigenvalue weighted by Crippen LogP contribution is 2.28. The standard InChI is InChI=1S/C15H28N2O3/c1-15(2,3)20-14(18)17-8-6-13(10-17)16-7-9-19-11-12-4-5-12/h12-13,16H,4-11H2,1-3H3. The topological polar surface area (TPSA) is 50.8 Å². The fourth-order valence-electron chi connectivity index (χ4n) is 2.29. The lowest BCUT2D eigenvalue weighted by atomic mass is 10.2. The molecule has 1 unspecified atom stereocenters. The molecule has 1 heterocycles. The molecule has 2 fully saturated rings. The van der Waals surface area contributed by atoms with Crippen LogP contribution in [0.2, 0.25) is 0 Å². The number of likely N-dealkylation sites (tertiary alicyclic amines) is 1. The summed E-state index contributed by atoms with van der Waals surface area (Å²) in [7, 11) is 0. The molecule has 0 spiro atoms. The van der Waals surface area contributed by atoms with Crippen LogP contribution in [0.3, 0.4) is 0 Å². The van der Waals surface area contributed by atoms with Crippen LogP contribution in [0.25, 0.3) is 0 Å². The second kappa shape index (κ2) is 6.76. The fourth-order valence-corrected chi connectivity index (χ4v) is 2.29. The van der Waals surface area contributed by atoms with Crippen LogP contribution in [0.1, 0.15) is 40.0 Å². The highest BCUT2D eigenvalue weighted by Gasteiger charge is 2.29. The van der Waals surface area contributed by atoms with E-state index in [1.807, 2.05) is 20.8 Å². The largest absolute Gasteiger partial charge is 0.444 e.